The summed E-state index contributed by atoms with van der Waals surface area (Å²) < 4.78 is 11.4. The van der Waals surface area contributed by atoms with E-state index in [4.69, 9.17) is 24.2 Å². The van der Waals surface area contributed by atoms with Gasteiger partial charge in [-0.1, -0.05) is 0 Å². The predicted molar refractivity (Wildman–Crippen MR) is 105 cm³/mol. The number of nitrogens with one attached hydrogen (secondary N) is 2. The summed E-state index contributed by atoms with van der Waals surface area (Å²) in [7, 11) is -11.5. The molecule has 0 bridgehead atoms. The zero-order valence-corrected chi connectivity index (χ0v) is 19.0. The number of alkyl carbamates (subject to hydrolysis) is 1. The van der Waals surface area contributed by atoms with Crippen molar-refractivity contribution in [3.05, 3.63) is 32.6 Å². The number of aromatic amines is 1. The van der Waals surface area contributed by atoms with Crippen molar-refractivity contribution < 1.29 is 53.8 Å². The maximum atomic E-state index is 11.9. The number of aryl methyl sites for hydroxylation is 1. The molecule has 18 heteroatoms. The van der Waals surface area contributed by atoms with Gasteiger partial charge >= 0.3 is 24.8 Å². The summed E-state index contributed by atoms with van der Waals surface area (Å²) in [5.41, 5.74) is -1.07. The van der Waals surface area contributed by atoms with Crippen molar-refractivity contribution in [3.63, 3.8) is 0 Å². The molecule has 0 spiro atoms. The highest BCUT2D eigenvalue weighted by molar-refractivity contribution is 7.76. The van der Waals surface area contributed by atoms with Gasteiger partial charge in [0.25, 0.3) is 5.56 Å². The Kier molecular flexibility index (Phi) is 8.71. The normalized spacial score (nSPS) is 23.2. The molecule has 1 saturated heterocycles. The highest BCUT2D eigenvalue weighted by atomic mass is 31.3. The van der Waals surface area contributed by atoms with Crippen LogP contribution in [0.3, 0.4) is 0 Å². The van der Waals surface area contributed by atoms with E-state index in [-0.39, 0.29) is 18.5 Å². The summed E-state index contributed by atoms with van der Waals surface area (Å²) in [6.07, 6.45) is -4.40. The Hall–Kier alpha value is -1.55. The maximum Gasteiger partial charge on any atom is 0.407 e. The van der Waals surface area contributed by atoms with Crippen molar-refractivity contribution >= 4 is 22.0 Å². The van der Waals surface area contributed by atoms with Gasteiger partial charge < -0.3 is 39.7 Å². The second-order valence-electron chi connectivity index (χ2n) is 7.38. The van der Waals surface area contributed by atoms with Crippen LogP contribution in [0.4, 0.5) is 4.79 Å². The second-order valence-corrected chi connectivity index (χ2v) is 11.3. The van der Waals surface area contributed by atoms with Crippen molar-refractivity contribution in [2.45, 2.75) is 49.7 Å². The third-order valence-corrected chi connectivity index (χ3v) is 8.74. The molecular formula is C15H24N3O13P2-. The van der Waals surface area contributed by atoms with E-state index in [1.807, 2.05) is 0 Å². The molecule has 1 unspecified atom stereocenters. The summed E-state index contributed by atoms with van der Waals surface area (Å²) in [6.45, 7) is 0.644. The van der Waals surface area contributed by atoms with E-state index in [2.05, 4.69) is 10.3 Å². The highest BCUT2D eigenvalue weighted by Crippen LogP contribution is 2.71. The molecule has 1 aliphatic rings. The number of aromatic nitrogens is 2. The van der Waals surface area contributed by atoms with Gasteiger partial charge in [0.05, 0.1) is 12.5 Å². The monoisotopic (exact) mass is 516 g/mol. The molecule has 0 aliphatic carbocycles. The average Bonchev–Trinajstić information content (AvgIpc) is 3.04. The molecule has 4 atom stereocenters. The number of aliphatic hydroxyl groups is 2. The lowest BCUT2D eigenvalue weighted by Gasteiger charge is -2.43. The molecule has 1 amide bonds. The van der Waals surface area contributed by atoms with Crippen LogP contribution in [0.25, 0.3) is 0 Å². The molecule has 0 aromatic carbocycles. The van der Waals surface area contributed by atoms with E-state index in [0.717, 1.165) is 4.57 Å². The Morgan fingerprint density at radius 1 is 1.36 bits per heavy atom. The molecule has 0 saturated carbocycles. The number of rotatable bonds is 9. The molecule has 1 aliphatic heterocycles. The number of hydrogen-bond acceptors (Lipinski definition) is 13. The molecule has 1 fully saturated rings. The number of nitrogens with zero attached hydrogens (tertiary/aromatic N) is 1. The van der Waals surface area contributed by atoms with Gasteiger partial charge in [0.1, 0.15) is 26.9 Å². The summed E-state index contributed by atoms with van der Waals surface area (Å²) in [6, 6.07) is 0. The molecule has 33 heavy (non-hydrogen) atoms. The van der Waals surface area contributed by atoms with Gasteiger partial charge in [-0.3, -0.25) is 19.2 Å². The Morgan fingerprint density at radius 3 is 2.58 bits per heavy atom. The Labute approximate surface area is 186 Å². The van der Waals surface area contributed by atoms with Crippen molar-refractivity contribution in [2.24, 2.45) is 0 Å². The van der Waals surface area contributed by atoms with Gasteiger partial charge in [-0.15, -0.1) is 0 Å². The first-order valence-corrected chi connectivity index (χ1v) is 12.6. The Morgan fingerprint density at radius 2 is 2.00 bits per heavy atom. The molecule has 7 N–H and O–H groups in total. The van der Waals surface area contributed by atoms with Crippen LogP contribution in [0.1, 0.15) is 31.1 Å². The molecule has 2 rings (SSSR count). The van der Waals surface area contributed by atoms with E-state index in [1.54, 1.807) is 0 Å². The molecule has 1 aromatic rings. The van der Waals surface area contributed by atoms with Gasteiger partial charge in [0.2, 0.25) is 0 Å². The largest absolute Gasteiger partial charge is 0.654 e. The fraction of sp³-hybridized carbons (Fsp3) is 0.667. The highest BCUT2D eigenvalue weighted by Gasteiger charge is 2.61. The van der Waals surface area contributed by atoms with Crippen molar-refractivity contribution in [2.75, 3.05) is 13.2 Å². The molecular weight excluding hydrogens is 492 g/mol. The minimum absolute atomic E-state index is 0.0294. The Bertz CT molecular complexity index is 940. The Balaban J connectivity index is 1.83. The van der Waals surface area contributed by atoms with Crippen LogP contribution in [0.2, 0.25) is 0 Å². The van der Waals surface area contributed by atoms with Crippen molar-refractivity contribution in [1.82, 2.24) is 14.9 Å². The molecule has 2 heterocycles. The number of hydrogen-bond donors (Lipinski definition) is 7. The van der Waals surface area contributed by atoms with E-state index in [0.29, 0.717) is 0 Å². The second kappa shape index (κ2) is 10.4. The minimum Gasteiger partial charge on any atom is -0.654 e. The SMILES string of the molecule is Cc1cn([C@H]2C[C@H](O)[C@@H](COC(=O)NCCCC(O)([P+]([O-])([O-])O)[P+]([O-])(O)O)O2)c(=O)[nH]c1=O. The standard InChI is InChI=1S/C15H25N3O13P2/c1-8-6-18(13(21)17-12(8)20)11-5-9(19)10(31-11)7-30-14(22)16-4-2-3-15(23,32(24,25)26)33(27,28)29/h6,9-11,19,23H,2-5,7H2,1H3,(H,16,22)(H,17,20,21)(H2,24,25,26)(H2,27,28,29)/p-1/t9-,10+,11+/m0/s1. The first-order chi connectivity index (χ1) is 15.1. The predicted octanol–water partition coefficient (Wildman–Crippen LogP) is -4.77. The lowest BCUT2D eigenvalue weighted by atomic mass is 10.2. The van der Waals surface area contributed by atoms with E-state index < -0.39 is 76.2 Å². The number of carbonyl (C=O) groups is 1. The molecule has 1 aromatic heterocycles. The van der Waals surface area contributed by atoms with Gasteiger partial charge in [0.15, 0.2) is 0 Å². The topological polar surface area (TPSA) is 273 Å². The van der Waals surface area contributed by atoms with Crippen LogP contribution in [0.5, 0.6) is 0 Å². The zero-order valence-electron chi connectivity index (χ0n) is 17.2. The van der Waals surface area contributed by atoms with Crippen LogP contribution in [0, 0.1) is 6.92 Å². The molecule has 0 radical (unpaired) electrons. The lowest BCUT2D eigenvalue weighted by Crippen LogP contribution is -2.48. The van der Waals surface area contributed by atoms with E-state index >= 15 is 0 Å². The zero-order chi connectivity index (χ0) is 25.2. The van der Waals surface area contributed by atoms with E-state index in [9.17, 15) is 39.3 Å². The number of H-pyrrole nitrogens is 1. The third kappa shape index (κ3) is 6.53. The van der Waals surface area contributed by atoms with Gasteiger partial charge in [-0.25, -0.2) is 19.4 Å². The summed E-state index contributed by atoms with van der Waals surface area (Å²) >= 11 is 0. The minimum atomic E-state index is -5.84. The van der Waals surface area contributed by atoms with Crippen LogP contribution >= 0.6 is 15.9 Å². The quantitative estimate of drug-likeness (QED) is 0.120. The number of carbonyl (C=O) groups excluding carboxylic acids is 1. The first-order valence-electron chi connectivity index (χ1n) is 9.45. The first kappa shape index (κ1) is 27.7. The van der Waals surface area contributed by atoms with Crippen molar-refractivity contribution in [3.8, 4) is 0 Å². The van der Waals surface area contributed by atoms with Gasteiger partial charge in [-0.2, -0.15) is 0 Å². The third-order valence-electron chi connectivity index (χ3n) is 4.92. The summed E-state index contributed by atoms with van der Waals surface area (Å²) in [5.74, 6) is 0. The van der Waals surface area contributed by atoms with Crippen molar-refractivity contribution in [1.29, 1.82) is 0 Å². The maximum absolute atomic E-state index is 11.9. The smallest absolute Gasteiger partial charge is 0.407 e. The molecule has 16 nitrogen and oxygen atoms in total. The molecule has 188 valence electrons. The summed E-state index contributed by atoms with van der Waals surface area (Å²) in [4.78, 5) is 97.7. The fourth-order valence-electron chi connectivity index (χ4n) is 3.01. The van der Waals surface area contributed by atoms with Crippen LogP contribution in [-0.4, -0.2) is 71.0 Å². The van der Waals surface area contributed by atoms with Crippen LogP contribution in [-0.2, 0) is 9.47 Å². The lowest BCUT2D eigenvalue weighted by molar-refractivity contribution is -0.347. The van der Waals surface area contributed by atoms with E-state index in [1.165, 1.54) is 13.1 Å². The van der Waals surface area contributed by atoms with Crippen LogP contribution in [0.15, 0.2) is 15.8 Å². The average molecular weight is 516 g/mol. The van der Waals surface area contributed by atoms with Gasteiger partial charge in [0, 0.05) is 24.7 Å². The summed E-state index contributed by atoms with van der Waals surface area (Å²) in [5, 5.41) is 18.2. The number of amides is 1. The number of aliphatic hydroxyl groups excluding tert-OH is 1. The van der Waals surface area contributed by atoms with Crippen LogP contribution < -0.4 is 31.2 Å². The van der Waals surface area contributed by atoms with Gasteiger partial charge in [-0.05, 0) is 13.3 Å². The fourth-order valence-corrected chi connectivity index (χ4v) is 5.22. The number of ether oxygens (including phenoxy) is 2.